The van der Waals surface area contributed by atoms with Crippen molar-refractivity contribution in [1.29, 1.82) is 0 Å². The number of aromatic nitrogens is 2. The molecule has 1 atom stereocenters. The Labute approximate surface area is 124 Å². The van der Waals surface area contributed by atoms with Crippen LogP contribution in [0.25, 0.3) is 0 Å². The highest BCUT2D eigenvalue weighted by atomic mass is 79.9. The van der Waals surface area contributed by atoms with Crippen LogP contribution >= 0.6 is 15.9 Å². The molecule has 0 aliphatic carbocycles. The normalized spacial score (nSPS) is 25.5. The summed E-state index contributed by atoms with van der Waals surface area (Å²) in [6.07, 6.45) is 2.37. The maximum Gasteiger partial charge on any atom is 0.0739 e. The van der Waals surface area contributed by atoms with E-state index in [1.165, 1.54) is 12.1 Å². The zero-order chi connectivity index (χ0) is 14.0. The largest absolute Gasteiger partial charge is 0.310 e. The topological polar surface area (TPSA) is 33.1 Å². The lowest BCUT2D eigenvalue weighted by Crippen LogP contribution is -2.48. The van der Waals surface area contributed by atoms with E-state index in [0.29, 0.717) is 0 Å². The number of halogens is 1. The van der Waals surface area contributed by atoms with Crippen LogP contribution in [0.3, 0.4) is 0 Å². The van der Waals surface area contributed by atoms with Gasteiger partial charge in [-0.15, -0.1) is 0 Å². The Balaban J connectivity index is 2.13. The Kier molecular flexibility index (Phi) is 4.69. The van der Waals surface area contributed by atoms with E-state index in [2.05, 4.69) is 45.1 Å². The summed E-state index contributed by atoms with van der Waals surface area (Å²) in [7, 11) is 2.03. The number of aryl methyl sites for hydroxylation is 2. The fraction of sp³-hybridized carbons (Fsp3) is 0.786. The van der Waals surface area contributed by atoms with Crippen molar-refractivity contribution in [3.63, 3.8) is 0 Å². The van der Waals surface area contributed by atoms with Crippen molar-refractivity contribution >= 4 is 15.9 Å². The minimum absolute atomic E-state index is 0.233. The van der Waals surface area contributed by atoms with Crippen LogP contribution in [-0.2, 0) is 13.6 Å². The maximum atomic E-state index is 4.48. The summed E-state index contributed by atoms with van der Waals surface area (Å²) >= 11 is 3.67. The maximum absolute atomic E-state index is 4.48. The van der Waals surface area contributed by atoms with Gasteiger partial charge in [0.05, 0.1) is 15.9 Å². The van der Waals surface area contributed by atoms with Crippen molar-refractivity contribution in [3.05, 3.63) is 15.9 Å². The molecule has 2 rings (SSSR count). The number of rotatable bonds is 3. The Hall–Kier alpha value is -0.390. The van der Waals surface area contributed by atoms with E-state index in [0.717, 1.165) is 42.8 Å². The summed E-state index contributed by atoms with van der Waals surface area (Å²) in [5, 5.41) is 8.17. The standard InChI is InChI=1S/C14H25BrN4/c1-5-14(3)10-19(8-6-7-16-14)9-12-13(15)11(2)17-18(12)4/h16H,5-10H2,1-4H3. The highest BCUT2D eigenvalue weighted by molar-refractivity contribution is 9.10. The lowest BCUT2D eigenvalue weighted by molar-refractivity contribution is 0.204. The van der Waals surface area contributed by atoms with Gasteiger partial charge in [0, 0.05) is 25.7 Å². The zero-order valence-electron chi connectivity index (χ0n) is 12.5. The van der Waals surface area contributed by atoms with Gasteiger partial charge >= 0.3 is 0 Å². The molecule has 108 valence electrons. The van der Waals surface area contributed by atoms with Crippen molar-refractivity contribution in [3.8, 4) is 0 Å². The van der Waals surface area contributed by atoms with E-state index in [4.69, 9.17) is 0 Å². The summed E-state index contributed by atoms with van der Waals surface area (Å²) in [5.74, 6) is 0. The number of nitrogens with one attached hydrogen (secondary N) is 1. The Bertz CT molecular complexity index is 443. The zero-order valence-corrected chi connectivity index (χ0v) is 14.0. The third-order valence-corrected chi connectivity index (χ3v) is 5.22. The van der Waals surface area contributed by atoms with Gasteiger partial charge in [-0.25, -0.2) is 0 Å². The van der Waals surface area contributed by atoms with Crippen LogP contribution in [0.2, 0.25) is 0 Å². The second-order valence-corrected chi connectivity index (χ2v) is 6.67. The van der Waals surface area contributed by atoms with Gasteiger partial charge in [0.1, 0.15) is 0 Å². The van der Waals surface area contributed by atoms with Crippen LogP contribution in [0.15, 0.2) is 4.47 Å². The molecule has 0 spiro atoms. The van der Waals surface area contributed by atoms with Gasteiger partial charge in [-0.05, 0) is 55.7 Å². The molecule has 4 nitrogen and oxygen atoms in total. The molecule has 1 N–H and O–H groups in total. The van der Waals surface area contributed by atoms with E-state index < -0.39 is 0 Å². The van der Waals surface area contributed by atoms with Gasteiger partial charge in [0.25, 0.3) is 0 Å². The molecule has 1 aliphatic rings. The van der Waals surface area contributed by atoms with Gasteiger partial charge in [-0.2, -0.15) is 5.10 Å². The van der Waals surface area contributed by atoms with E-state index >= 15 is 0 Å². The monoisotopic (exact) mass is 328 g/mol. The van der Waals surface area contributed by atoms with Crippen molar-refractivity contribution < 1.29 is 0 Å². The first-order chi connectivity index (χ1) is 8.95. The quantitative estimate of drug-likeness (QED) is 0.925. The molecule has 0 amide bonds. The van der Waals surface area contributed by atoms with Crippen molar-refractivity contribution in [2.75, 3.05) is 19.6 Å². The lowest BCUT2D eigenvalue weighted by atomic mass is 9.98. The highest BCUT2D eigenvalue weighted by Gasteiger charge is 2.28. The van der Waals surface area contributed by atoms with E-state index in [1.807, 2.05) is 18.7 Å². The summed E-state index contributed by atoms with van der Waals surface area (Å²) in [6.45, 7) is 11.0. The average Bonchev–Trinajstić information content (AvgIpc) is 2.56. The first kappa shape index (κ1) is 15.0. The molecule has 0 radical (unpaired) electrons. The van der Waals surface area contributed by atoms with Crippen LogP contribution in [0.4, 0.5) is 0 Å². The predicted molar refractivity (Wildman–Crippen MR) is 82.2 cm³/mol. The molecular formula is C14H25BrN4. The third-order valence-electron chi connectivity index (χ3n) is 4.19. The molecule has 1 aliphatic heterocycles. The van der Waals surface area contributed by atoms with Gasteiger partial charge in [0.2, 0.25) is 0 Å². The molecule has 1 aromatic rings. The van der Waals surface area contributed by atoms with Crippen LogP contribution in [-0.4, -0.2) is 39.9 Å². The molecule has 0 aromatic carbocycles. The first-order valence-corrected chi connectivity index (χ1v) is 7.90. The van der Waals surface area contributed by atoms with Crippen LogP contribution in [0.1, 0.15) is 38.1 Å². The Morgan fingerprint density at radius 3 is 2.79 bits per heavy atom. The van der Waals surface area contributed by atoms with Gasteiger partial charge < -0.3 is 5.32 Å². The molecule has 1 fully saturated rings. The fourth-order valence-electron chi connectivity index (χ4n) is 2.76. The van der Waals surface area contributed by atoms with Crippen LogP contribution < -0.4 is 5.32 Å². The Morgan fingerprint density at radius 1 is 1.47 bits per heavy atom. The van der Waals surface area contributed by atoms with E-state index in [-0.39, 0.29) is 5.54 Å². The average molecular weight is 329 g/mol. The van der Waals surface area contributed by atoms with Crippen LogP contribution in [0, 0.1) is 6.92 Å². The fourth-order valence-corrected chi connectivity index (χ4v) is 3.22. The SMILES string of the molecule is CCC1(C)CN(Cc2c(Br)c(C)nn2C)CCCN1. The van der Waals surface area contributed by atoms with Crippen molar-refractivity contribution in [2.24, 2.45) is 7.05 Å². The molecule has 19 heavy (non-hydrogen) atoms. The van der Waals surface area contributed by atoms with Gasteiger partial charge in [0.15, 0.2) is 0 Å². The van der Waals surface area contributed by atoms with Crippen molar-refractivity contribution in [1.82, 2.24) is 20.0 Å². The molecule has 2 heterocycles. The van der Waals surface area contributed by atoms with Gasteiger partial charge in [-0.1, -0.05) is 6.92 Å². The summed E-state index contributed by atoms with van der Waals surface area (Å²) in [4.78, 5) is 2.55. The molecule has 1 aromatic heterocycles. The predicted octanol–water partition coefficient (Wildman–Crippen LogP) is 2.46. The first-order valence-electron chi connectivity index (χ1n) is 7.10. The third kappa shape index (κ3) is 3.38. The second kappa shape index (κ2) is 5.94. The molecule has 0 saturated carbocycles. The number of hydrogen-bond acceptors (Lipinski definition) is 3. The summed E-state index contributed by atoms with van der Waals surface area (Å²) in [5.41, 5.74) is 2.58. The van der Waals surface area contributed by atoms with Crippen LogP contribution in [0.5, 0.6) is 0 Å². The highest BCUT2D eigenvalue weighted by Crippen LogP contribution is 2.23. The Morgan fingerprint density at radius 2 is 2.21 bits per heavy atom. The number of hydrogen-bond donors (Lipinski definition) is 1. The number of nitrogens with zero attached hydrogens (tertiary/aromatic N) is 3. The van der Waals surface area contributed by atoms with Crippen molar-refractivity contribution in [2.45, 2.75) is 45.7 Å². The molecule has 5 heteroatoms. The molecule has 1 saturated heterocycles. The summed E-state index contributed by atoms with van der Waals surface area (Å²) in [6, 6.07) is 0. The smallest absolute Gasteiger partial charge is 0.0739 e. The molecular weight excluding hydrogens is 304 g/mol. The molecule has 1 unspecified atom stereocenters. The second-order valence-electron chi connectivity index (χ2n) is 5.87. The minimum Gasteiger partial charge on any atom is -0.310 e. The van der Waals surface area contributed by atoms with E-state index in [9.17, 15) is 0 Å². The minimum atomic E-state index is 0.233. The molecule has 0 bridgehead atoms. The van der Waals surface area contributed by atoms with Gasteiger partial charge in [-0.3, -0.25) is 9.58 Å². The van der Waals surface area contributed by atoms with E-state index in [1.54, 1.807) is 0 Å². The summed E-state index contributed by atoms with van der Waals surface area (Å²) < 4.78 is 3.16. The lowest BCUT2D eigenvalue weighted by Gasteiger charge is -2.32.